The van der Waals surface area contributed by atoms with E-state index < -0.39 is 27.5 Å². The van der Waals surface area contributed by atoms with Crippen LogP contribution in [-0.2, 0) is 25.5 Å². The molecule has 3 rings (SSSR count). The Morgan fingerprint density at radius 3 is 2.17 bits per heavy atom. The van der Waals surface area contributed by atoms with Crippen molar-refractivity contribution < 1.29 is 45.3 Å². The second-order valence-corrected chi connectivity index (χ2v) is 9.53. The molecular weight excluding hydrogens is 525 g/mol. The van der Waals surface area contributed by atoms with Crippen molar-refractivity contribution in [2.75, 3.05) is 20.8 Å². The maximum Gasteiger partial charge on any atom is 0.416 e. The molecule has 36 heavy (non-hydrogen) atoms. The summed E-state index contributed by atoms with van der Waals surface area (Å²) in [5.74, 6) is -0.302. The standard InChI is InChI=1S/C24H20ClF3O7S/c1-32-16-4-7-18(8-5-16)36(30,31)22-10-6-17(14-21(22)34-12-11-23(29)33-2)35-20-9-3-15(13-19(20)25)24(26,27)28/h3-10,13-14H,11-12H2,1-2H3. The molecule has 3 aromatic carbocycles. The first-order valence-corrected chi connectivity index (χ1v) is 12.1. The molecular formula is C24H20ClF3O7S. The second-order valence-electron chi connectivity index (χ2n) is 7.21. The van der Waals surface area contributed by atoms with Gasteiger partial charge >= 0.3 is 12.1 Å². The van der Waals surface area contributed by atoms with Crippen LogP contribution in [0.25, 0.3) is 0 Å². The van der Waals surface area contributed by atoms with Crippen LogP contribution < -0.4 is 14.2 Å². The number of ether oxygens (including phenoxy) is 4. The molecule has 192 valence electrons. The molecule has 0 aliphatic heterocycles. The van der Waals surface area contributed by atoms with E-state index in [4.69, 9.17) is 25.8 Å². The van der Waals surface area contributed by atoms with Crippen molar-refractivity contribution in [1.82, 2.24) is 0 Å². The van der Waals surface area contributed by atoms with Crippen molar-refractivity contribution >= 4 is 27.4 Å². The number of carbonyl (C=O) groups excluding carboxylic acids is 1. The third kappa shape index (κ3) is 6.41. The quantitative estimate of drug-likeness (QED) is 0.308. The van der Waals surface area contributed by atoms with Gasteiger partial charge in [-0.05, 0) is 54.6 Å². The van der Waals surface area contributed by atoms with Gasteiger partial charge in [-0.1, -0.05) is 11.6 Å². The minimum Gasteiger partial charge on any atom is -0.497 e. The number of methoxy groups -OCH3 is 2. The predicted molar refractivity (Wildman–Crippen MR) is 124 cm³/mol. The molecule has 0 aliphatic carbocycles. The third-order valence-corrected chi connectivity index (χ3v) is 6.96. The van der Waals surface area contributed by atoms with Gasteiger partial charge in [-0.15, -0.1) is 0 Å². The van der Waals surface area contributed by atoms with E-state index in [9.17, 15) is 26.4 Å². The fourth-order valence-corrected chi connectivity index (χ4v) is 4.60. The lowest BCUT2D eigenvalue weighted by Gasteiger charge is -2.15. The van der Waals surface area contributed by atoms with Crippen molar-refractivity contribution in [2.45, 2.75) is 22.4 Å². The fourth-order valence-electron chi connectivity index (χ4n) is 3.00. The molecule has 0 fully saturated rings. The van der Waals surface area contributed by atoms with E-state index in [1.165, 1.54) is 56.7 Å². The molecule has 0 amide bonds. The lowest BCUT2D eigenvalue weighted by molar-refractivity contribution is -0.141. The van der Waals surface area contributed by atoms with E-state index in [-0.39, 0.29) is 45.1 Å². The Labute approximate surface area is 210 Å². The van der Waals surface area contributed by atoms with E-state index in [1.54, 1.807) is 0 Å². The van der Waals surface area contributed by atoms with Gasteiger partial charge in [0.2, 0.25) is 9.84 Å². The van der Waals surface area contributed by atoms with Gasteiger partial charge in [-0.3, -0.25) is 4.79 Å². The van der Waals surface area contributed by atoms with Gasteiger partial charge in [0.15, 0.2) is 0 Å². The molecule has 0 saturated heterocycles. The zero-order valence-electron chi connectivity index (χ0n) is 19.0. The van der Waals surface area contributed by atoms with Crippen LogP contribution in [0.4, 0.5) is 13.2 Å². The van der Waals surface area contributed by atoms with Gasteiger partial charge in [0.1, 0.15) is 27.9 Å². The Hall–Kier alpha value is -3.44. The van der Waals surface area contributed by atoms with E-state index in [0.717, 1.165) is 12.1 Å². The summed E-state index contributed by atoms with van der Waals surface area (Å²) in [5.41, 5.74) is -0.951. The first kappa shape index (κ1) is 27.2. The van der Waals surface area contributed by atoms with Crippen molar-refractivity contribution in [3.8, 4) is 23.0 Å². The van der Waals surface area contributed by atoms with Crippen LogP contribution >= 0.6 is 11.6 Å². The maximum atomic E-state index is 13.3. The Bertz CT molecular complexity index is 1340. The minimum absolute atomic E-state index is 0.0402. The van der Waals surface area contributed by atoms with Gasteiger partial charge < -0.3 is 18.9 Å². The number of sulfone groups is 1. The summed E-state index contributed by atoms with van der Waals surface area (Å²) in [5, 5.41) is -0.298. The molecule has 0 N–H and O–H groups in total. The second kappa shape index (κ2) is 11.1. The van der Waals surface area contributed by atoms with E-state index in [2.05, 4.69) is 4.74 Å². The summed E-state index contributed by atoms with van der Waals surface area (Å²) in [7, 11) is -1.43. The molecule has 3 aromatic rings. The lowest BCUT2D eigenvalue weighted by Crippen LogP contribution is -2.10. The number of carbonyl (C=O) groups is 1. The minimum atomic E-state index is -4.58. The number of hydrogen-bond donors (Lipinski definition) is 0. The van der Waals surface area contributed by atoms with Gasteiger partial charge in [0.25, 0.3) is 0 Å². The molecule has 0 bridgehead atoms. The van der Waals surface area contributed by atoms with E-state index in [1.807, 2.05) is 0 Å². The smallest absolute Gasteiger partial charge is 0.416 e. The Morgan fingerprint density at radius 1 is 0.917 bits per heavy atom. The molecule has 0 radical (unpaired) electrons. The molecule has 0 heterocycles. The molecule has 0 spiro atoms. The van der Waals surface area contributed by atoms with Crippen molar-refractivity contribution in [3.05, 3.63) is 71.2 Å². The maximum absolute atomic E-state index is 13.3. The first-order chi connectivity index (χ1) is 17.0. The Kier molecular flexibility index (Phi) is 8.36. The summed E-state index contributed by atoms with van der Waals surface area (Å²) in [6.07, 6.45) is -4.74. The number of benzene rings is 3. The summed E-state index contributed by atoms with van der Waals surface area (Å²) in [6.45, 7) is -0.206. The van der Waals surface area contributed by atoms with Crippen molar-refractivity contribution in [3.63, 3.8) is 0 Å². The van der Waals surface area contributed by atoms with E-state index >= 15 is 0 Å². The number of halogens is 4. The van der Waals surface area contributed by atoms with Crippen LogP contribution in [0.1, 0.15) is 12.0 Å². The van der Waals surface area contributed by atoms with Crippen LogP contribution in [0, 0.1) is 0 Å². The predicted octanol–water partition coefficient (Wildman–Crippen LogP) is 5.93. The zero-order valence-corrected chi connectivity index (χ0v) is 20.5. The van der Waals surface area contributed by atoms with Crippen LogP contribution in [0.2, 0.25) is 5.02 Å². The largest absolute Gasteiger partial charge is 0.497 e. The average Bonchev–Trinajstić information content (AvgIpc) is 2.84. The average molecular weight is 545 g/mol. The van der Waals surface area contributed by atoms with Gasteiger partial charge in [-0.2, -0.15) is 13.2 Å². The van der Waals surface area contributed by atoms with E-state index in [0.29, 0.717) is 11.8 Å². The summed E-state index contributed by atoms with van der Waals surface area (Å²) < 4.78 is 86.0. The number of esters is 1. The summed E-state index contributed by atoms with van der Waals surface area (Å²) in [4.78, 5) is 11.2. The third-order valence-electron chi connectivity index (χ3n) is 4.85. The van der Waals surface area contributed by atoms with Gasteiger partial charge in [0, 0.05) is 6.07 Å². The topological polar surface area (TPSA) is 88.1 Å². The summed E-state index contributed by atoms with van der Waals surface area (Å²) >= 11 is 5.95. The fraction of sp³-hybridized carbons (Fsp3) is 0.208. The highest BCUT2D eigenvalue weighted by Crippen LogP contribution is 2.39. The molecule has 7 nitrogen and oxygen atoms in total. The highest BCUT2D eigenvalue weighted by molar-refractivity contribution is 7.91. The highest BCUT2D eigenvalue weighted by atomic mass is 35.5. The van der Waals surface area contributed by atoms with Crippen LogP contribution in [0.15, 0.2) is 70.5 Å². The van der Waals surface area contributed by atoms with Crippen LogP contribution in [0.5, 0.6) is 23.0 Å². The molecule has 12 heteroatoms. The number of alkyl halides is 3. The Morgan fingerprint density at radius 2 is 1.58 bits per heavy atom. The van der Waals surface area contributed by atoms with Crippen LogP contribution in [-0.4, -0.2) is 35.2 Å². The van der Waals surface area contributed by atoms with Gasteiger partial charge in [0.05, 0.1) is 42.7 Å². The van der Waals surface area contributed by atoms with Crippen molar-refractivity contribution in [1.29, 1.82) is 0 Å². The number of hydrogen-bond acceptors (Lipinski definition) is 7. The molecule has 0 aliphatic rings. The zero-order chi connectivity index (χ0) is 26.5. The molecule has 0 aromatic heterocycles. The molecule has 0 saturated carbocycles. The van der Waals surface area contributed by atoms with Crippen LogP contribution in [0.3, 0.4) is 0 Å². The lowest BCUT2D eigenvalue weighted by atomic mass is 10.2. The highest BCUT2D eigenvalue weighted by Gasteiger charge is 2.31. The normalized spacial score (nSPS) is 11.6. The number of rotatable bonds is 9. The molecule has 0 atom stereocenters. The SMILES string of the molecule is COC(=O)CCOc1cc(Oc2ccc(C(F)(F)F)cc2Cl)ccc1S(=O)(=O)c1ccc(OC)cc1. The van der Waals surface area contributed by atoms with Crippen molar-refractivity contribution in [2.24, 2.45) is 0 Å². The van der Waals surface area contributed by atoms with Gasteiger partial charge in [-0.25, -0.2) is 8.42 Å². The monoisotopic (exact) mass is 544 g/mol. The molecule has 0 unspecified atom stereocenters. The first-order valence-electron chi connectivity index (χ1n) is 10.2. The Balaban J connectivity index is 1.97. The summed E-state index contributed by atoms with van der Waals surface area (Å²) in [6, 6.07) is 12.0.